The summed E-state index contributed by atoms with van der Waals surface area (Å²) in [5.74, 6) is 0.148. The minimum Gasteiger partial charge on any atom is -0.496 e. The van der Waals surface area contributed by atoms with Crippen molar-refractivity contribution in [3.05, 3.63) is 40.7 Å². The Morgan fingerprint density at radius 1 is 1.50 bits per heavy atom. The van der Waals surface area contributed by atoms with Crippen LogP contribution in [0, 0.1) is 18.2 Å². The van der Waals surface area contributed by atoms with Gasteiger partial charge in [-0.15, -0.1) is 11.3 Å². The lowest BCUT2D eigenvalue weighted by Crippen LogP contribution is -2.29. The van der Waals surface area contributed by atoms with Gasteiger partial charge in [-0.25, -0.2) is 9.37 Å². The summed E-state index contributed by atoms with van der Waals surface area (Å²) in [6.45, 7) is 2.04. The van der Waals surface area contributed by atoms with Gasteiger partial charge in [0.1, 0.15) is 11.6 Å². The summed E-state index contributed by atoms with van der Waals surface area (Å²) in [4.78, 5) is 4.18. The number of nitrogens with zero attached hydrogens (tertiary/aromatic N) is 1. The molecular formula is C13H15FN4OS. The van der Waals surface area contributed by atoms with Crippen LogP contribution in [0.2, 0.25) is 0 Å². The Morgan fingerprint density at radius 2 is 2.30 bits per heavy atom. The molecule has 0 atom stereocenters. The van der Waals surface area contributed by atoms with E-state index in [1.165, 1.54) is 24.5 Å². The topological polar surface area (TPSA) is 70.0 Å². The van der Waals surface area contributed by atoms with Gasteiger partial charge in [-0.2, -0.15) is 0 Å². The standard InChI is InChI=1S/C13H15FN4OS/c1-8-7-20-13(17-8)18-12(15)16-6-9-10(14)4-3-5-11(9)19-2/h3-5,7H,6H2,1-2H3,(H3,15,16,17,18). The van der Waals surface area contributed by atoms with E-state index in [9.17, 15) is 4.39 Å². The van der Waals surface area contributed by atoms with Crippen LogP contribution in [0.1, 0.15) is 11.3 Å². The molecule has 0 radical (unpaired) electrons. The molecule has 0 spiro atoms. The van der Waals surface area contributed by atoms with Gasteiger partial charge in [-0.3, -0.25) is 5.41 Å². The van der Waals surface area contributed by atoms with E-state index >= 15 is 0 Å². The highest BCUT2D eigenvalue weighted by atomic mass is 32.1. The van der Waals surface area contributed by atoms with Gasteiger partial charge in [0.25, 0.3) is 0 Å². The number of thiazole rings is 1. The highest BCUT2D eigenvalue weighted by Gasteiger charge is 2.09. The Morgan fingerprint density at radius 3 is 2.95 bits per heavy atom. The molecular weight excluding hydrogens is 279 g/mol. The van der Waals surface area contributed by atoms with E-state index in [1.807, 2.05) is 12.3 Å². The fourth-order valence-electron chi connectivity index (χ4n) is 1.64. The quantitative estimate of drug-likeness (QED) is 0.599. The Bertz CT molecular complexity index is 614. The molecule has 0 fully saturated rings. The molecule has 1 aromatic carbocycles. The number of nitrogens with one attached hydrogen (secondary N) is 3. The normalized spacial score (nSPS) is 10.2. The van der Waals surface area contributed by atoms with Crippen LogP contribution in [0.4, 0.5) is 9.52 Å². The van der Waals surface area contributed by atoms with E-state index in [4.69, 9.17) is 10.1 Å². The number of aryl methyl sites for hydroxylation is 1. The van der Waals surface area contributed by atoms with Crippen LogP contribution >= 0.6 is 11.3 Å². The van der Waals surface area contributed by atoms with Crippen LogP contribution < -0.4 is 15.4 Å². The number of guanidine groups is 1. The minimum atomic E-state index is -0.366. The maximum absolute atomic E-state index is 13.7. The van der Waals surface area contributed by atoms with Crippen molar-refractivity contribution in [3.8, 4) is 5.75 Å². The predicted molar refractivity (Wildman–Crippen MR) is 78.0 cm³/mol. The lowest BCUT2D eigenvalue weighted by Gasteiger charge is -2.12. The fraction of sp³-hybridized carbons (Fsp3) is 0.231. The van der Waals surface area contributed by atoms with Crippen molar-refractivity contribution in [3.63, 3.8) is 0 Å². The number of halogens is 1. The monoisotopic (exact) mass is 294 g/mol. The molecule has 0 saturated heterocycles. The van der Waals surface area contributed by atoms with Crippen molar-refractivity contribution in [2.24, 2.45) is 0 Å². The van der Waals surface area contributed by atoms with E-state index < -0.39 is 0 Å². The second-order valence-corrected chi connectivity index (χ2v) is 4.93. The molecule has 0 amide bonds. The molecule has 106 valence electrons. The molecule has 1 aromatic heterocycles. The van der Waals surface area contributed by atoms with E-state index in [2.05, 4.69) is 15.6 Å². The lowest BCUT2D eigenvalue weighted by molar-refractivity contribution is 0.403. The van der Waals surface area contributed by atoms with E-state index in [-0.39, 0.29) is 18.3 Å². The van der Waals surface area contributed by atoms with Crippen LogP contribution in [-0.2, 0) is 6.54 Å². The van der Waals surface area contributed by atoms with Crippen LogP contribution in [0.5, 0.6) is 5.75 Å². The maximum Gasteiger partial charge on any atom is 0.195 e. The summed E-state index contributed by atoms with van der Waals surface area (Å²) in [6, 6.07) is 4.63. The summed E-state index contributed by atoms with van der Waals surface area (Å²) >= 11 is 1.41. The first-order valence-corrected chi connectivity index (χ1v) is 6.81. The highest BCUT2D eigenvalue weighted by Crippen LogP contribution is 2.20. The summed E-state index contributed by atoms with van der Waals surface area (Å²) in [5, 5.41) is 15.9. The van der Waals surface area contributed by atoms with Gasteiger partial charge in [0, 0.05) is 17.5 Å². The molecule has 2 rings (SSSR count). The fourth-order valence-corrected chi connectivity index (χ4v) is 2.33. The Kier molecular flexibility index (Phi) is 4.52. The largest absolute Gasteiger partial charge is 0.496 e. The Labute approximate surface area is 120 Å². The van der Waals surface area contributed by atoms with E-state index in [1.54, 1.807) is 12.1 Å². The van der Waals surface area contributed by atoms with Gasteiger partial charge in [0.2, 0.25) is 0 Å². The van der Waals surface area contributed by atoms with Gasteiger partial charge in [0.15, 0.2) is 11.1 Å². The number of hydrogen-bond donors (Lipinski definition) is 3. The first-order chi connectivity index (χ1) is 9.60. The van der Waals surface area contributed by atoms with Crippen LogP contribution in [-0.4, -0.2) is 18.1 Å². The maximum atomic E-state index is 13.7. The first-order valence-electron chi connectivity index (χ1n) is 5.93. The van der Waals surface area contributed by atoms with Gasteiger partial charge >= 0.3 is 0 Å². The van der Waals surface area contributed by atoms with Crippen LogP contribution in [0.25, 0.3) is 0 Å². The number of anilines is 1. The van der Waals surface area contributed by atoms with Gasteiger partial charge in [-0.1, -0.05) is 6.07 Å². The zero-order valence-corrected chi connectivity index (χ0v) is 12.0. The molecule has 0 bridgehead atoms. The second-order valence-electron chi connectivity index (χ2n) is 4.07. The van der Waals surface area contributed by atoms with Crippen LogP contribution in [0.15, 0.2) is 23.6 Å². The molecule has 1 heterocycles. The number of hydrogen-bond acceptors (Lipinski definition) is 4. The van der Waals surface area contributed by atoms with Crippen molar-refractivity contribution in [1.82, 2.24) is 10.3 Å². The summed E-state index contributed by atoms with van der Waals surface area (Å²) < 4.78 is 18.8. The van der Waals surface area contributed by atoms with Crippen molar-refractivity contribution in [1.29, 1.82) is 5.41 Å². The molecule has 0 aliphatic carbocycles. The lowest BCUT2D eigenvalue weighted by atomic mass is 10.2. The number of benzene rings is 1. The molecule has 20 heavy (non-hydrogen) atoms. The predicted octanol–water partition coefficient (Wildman–Crippen LogP) is 2.74. The summed E-state index contributed by atoms with van der Waals surface area (Å²) in [5.41, 5.74) is 1.28. The molecule has 7 heteroatoms. The Balaban J connectivity index is 1.97. The highest BCUT2D eigenvalue weighted by molar-refractivity contribution is 7.13. The average molecular weight is 294 g/mol. The molecule has 5 nitrogen and oxygen atoms in total. The zero-order chi connectivity index (χ0) is 14.5. The molecule has 3 N–H and O–H groups in total. The van der Waals surface area contributed by atoms with Gasteiger partial charge in [-0.05, 0) is 19.1 Å². The number of rotatable bonds is 4. The number of aromatic nitrogens is 1. The smallest absolute Gasteiger partial charge is 0.195 e. The molecule has 0 saturated carbocycles. The van der Waals surface area contributed by atoms with Gasteiger partial charge in [0.05, 0.1) is 12.8 Å². The second kappa shape index (κ2) is 6.33. The van der Waals surface area contributed by atoms with Crippen LogP contribution in [0.3, 0.4) is 0 Å². The SMILES string of the molecule is COc1cccc(F)c1CNC(=N)Nc1nc(C)cs1. The first kappa shape index (κ1) is 14.3. The molecule has 0 unspecified atom stereocenters. The molecule has 0 aliphatic heterocycles. The van der Waals surface area contributed by atoms with E-state index in [0.717, 1.165) is 5.69 Å². The third-order valence-corrected chi connectivity index (χ3v) is 3.46. The molecule has 0 aliphatic rings. The summed E-state index contributed by atoms with van der Waals surface area (Å²) in [6.07, 6.45) is 0. The van der Waals surface area contributed by atoms with Crippen molar-refractivity contribution >= 4 is 22.4 Å². The zero-order valence-electron chi connectivity index (χ0n) is 11.2. The van der Waals surface area contributed by atoms with Crippen molar-refractivity contribution in [2.75, 3.05) is 12.4 Å². The Hall–Kier alpha value is -2.15. The number of methoxy groups -OCH3 is 1. The van der Waals surface area contributed by atoms with Crippen molar-refractivity contribution in [2.45, 2.75) is 13.5 Å². The third-order valence-electron chi connectivity index (χ3n) is 2.59. The van der Waals surface area contributed by atoms with Crippen molar-refractivity contribution < 1.29 is 9.13 Å². The minimum absolute atomic E-state index is 0.0599. The summed E-state index contributed by atoms with van der Waals surface area (Å²) in [7, 11) is 1.49. The molecule has 2 aromatic rings. The number of ether oxygens (including phenoxy) is 1. The third kappa shape index (κ3) is 3.45. The van der Waals surface area contributed by atoms with Gasteiger partial charge < -0.3 is 15.4 Å². The average Bonchev–Trinajstić information content (AvgIpc) is 2.82. The van der Waals surface area contributed by atoms with E-state index in [0.29, 0.717) is 16.4 Å².